The maximum absolute atomic E-state index is 10.3. The minimum atomic E-state index is 0.509. The van der Waals surface area contributed by atoms with Gasteiger partial charge < -0.3 is 5.11 Å². The van der Waals surface area contributed by atoms with Crippen LogP contribution in [-0.2, 0) is 12.8 Å². The van der Waals surface area contributed by atoms with E-state index in [9.17, 15) is 5.11 Å². The lowest BCUT2D eigenvalue weighted by atomic mass is 9.72. The van der Waals surface area contributed by atoms with Crippen LogP contribution in [0.15, 0.2) is 4.47 Å². The van der Waals surface area contributed by atoms with E-state index in [4.69, 9.17) is 0 Å². The number of hydrogen-bond acceptors (Lipinski definition) is 1. The molecule has 4 saturated carbocycles. The molecule has 52 heavy (non-hydrogen) atoms. The summed E-state index contributed by atoms with van der Waals surface area (Å²) in [5.74, 6) is 8.34. The molecular formula is C50H79BrO. The molecule has 0 aromatic heterocycles. The van der Waals surface area contributed by atoms with Crippen molar-refractivity contribution < 1.29 is 5.11 Å². The number of phenolic OH excluding ortho intramolecular Hbond substituents is 1. The molecule has 6 rings (SSSR count). The lowest BCUT2D eigenvalue weighted by molar-refractivity contribution is 0.195. The van der Waals surface area contributed by atoms with Gasteiger partial charge in [0.15, 0.2) is 0 Å². The van der Waals surface area contributed by atoms with Crippen LogP contribution < -0.4 is 0 Å². The Bertz CT molecular complexity index is 1280. The van der Waals surface area contributed by atoms with Crippen molar-refractivity contribution in [3.8, 4) is 5.75 Å². The monoisotopic (exact) mass is 775 g/mol. The molecule has 0 spiro atoms. The van der Waals surface area contributed by atoms with E-state index in [1.54, 1.807) is 5.56 Å². The van der Waals surface area contributed by atoms with Crippen molar-refractivity contribution in [1.82, 2.24) is 0 Å². The van der Waals surface area contributed by atoms with Gasteiger partial charge in [-0.15, -0.1) is 0 Å². The van der Waals surface area contributed by atoms with Gasteiger partial charge in [0.1, 0.15) is 5.75 Å². The van der Waals surface area contributed by atoms with Gasteiger partial charge in [-0.25, -0.2) is 0 Å². The van der Waals surface area contributed by atoms with Gasteiger partial charge in [0.05, 0.1) is 0 Å². The summed E-state index contributed by atoms with van der Waals surface area (Å²) in [5, 5.41) is 10.3. The second-order valence-corrected chi connectivity index (χ2v) is 20.3. The zero-order valence-corrected chi connectivity index (χ0v) is 37.2. The first-order valence-corrected chi connectivity index (χ1v) is 23.0. The highest BCUT2D eigenvalue weighted by Crippen LogP contribution is 2.42. The molecule has 4 fully saturated rings. The van der Waals surface area contributed by atoms with Crippen LogP contribution in [0.5, 0.6) is 5.75 Å². The summed E-state index contributed by atoms with van der Waals surface area (Å²) in [6.07, 6.45) is 29.1. The molecule has 0 aliphatic heterocycles. The highest BCUT2D eigenvalue weighted by atomic mass is 79.9. The Labute approximate surface area is 330 Å². The SMILES string of the molecule is Cc1c(C)c(CC2CCC(CC3CCC(C)CC3)CC2)c(C)c(C)c1Br.Cc1c(C)c(CC2CCC(CC3CCC(C)CC3)CC2)c(C)c(C)c1O. The van der Waals surface area contributed by atoms with E-state index in [2.05, 4.69) is 85.2 Å². The van der Waals surface area contributed by atoms with Crippen LogP contribution in [0.1, 0.15) is 185 Å². The Morgan fingerprint density at radius 2 is 0.635 bits per heavy atom. The Morgan fingerprint density at radius 3 is 0.942 bits per heavy atom. The summed E-state index contributed by atoms with van der Waals surface area (Å²) in [4.78, 5) is 0. The molecular weight excluding hydrogens is 696 g/mol. The molecule has 0 saturated heterocycles. The Morgan fingerprint density at radius 1 is 0.385 bits per heavy atom. The molecule has 0 bridgehead atoms. The lowest BCUT2D eigenvalue weighted by Crippen LogP contribution is -2.21. The predicted octanol–water partition coefficient (Wildman–Crippen LogP) is 15.4. The zero-order chi connectivity index (χ0) is 37.7. The maximum Gasteiger partial charge on any atom is 0.121 e. The minimum absolute atomic E-state index is 0.509. The Kier molecular flexibility index (Phi) is 15.3. The highest BCUT2D eigenvalue weighted by molar-refractivity contribution is 9.10. The third kappa shape index (κ3) is 10.5. The minimum Gasteiger partial charge on any atom is -0.507 e. The van der Waals surface area contributed by atoms with E-state index < -0.39 is 0 Å². The number of halogens is 1. The normalized spacial score (nSPS) is 29.8. The first kappa shape index (κ1) is 41.9. The summed E-state index contributed by atoms with van der Waals surface area (Å²) in [7, 11) is 0. The van der Waals surface area contributed by atoms with E-state index >= 15 is 0 Å². The van der Waals surface area contributed by atoms with E-state index in [1.165, 1.54) is 172 Å². The molecule has 4 aliphatic carbocycles. The van der Waals surface area contributed by atoms with Gasteiger partial charge in [-0.3, -0.25) is 0 Å². The molecule has 1 nitrogen and oxygen atoms in total. The molecule has 0 atom stereocenters. The fourth-order valence-corrected chi connectivity index (χ4v) is 11.9. The van der Waals surface area contributed by atoms with Crippen molar-refractivity contribution in [3.63, 3.8) is 0 Å². The van der Waals surface area contributed by atoms with Gasteiger partial charge in [0, 0.05) is 4.47 Å². The summed E-state index contributed by atoms with van der Waals surface area (Å²) >= 11 is 3.80. The molecule has 0 heterocycles. The van der Waals surface area contributed by atoms with Gasteiger partial charge in [0.25, 0.3) is 0 Å². The summed E-state index contributed by atoms with van der Waals surface area (Å²) in [6, 6.07) is 0. The van der Waals surface area contributed by atoms with Crippen LogP contribution in [0.3, 0.4) is 0 Å². The van der Waals surface area contributed by atoms with Crippen molar-refractivity contribution in [3.05, 3.63) is 60.1 Å². The third-order valence-corrected chi connectivity index (χ3v) is 17.1. The molecule has 2 aromatic carbocycles. The fourth-order valence-electron chi connectivity index (χ4n) is 11.3. The van der Waals surface area contributed by atoms with Crippen molar-refractivity contribution in [1.29, 1.82) is 0 Å². The van der Waals surface area contributed by atoms with Gasteiger partial charge in [-0.05, 0) is 210 Å². The zero-order valence-electron chi connectivity index (χ0n) is 35.6. The van der Waals surface area contributed by atoms with E-state index in [1.807, 2.05) is 0 Å². The Hall–Kier alpha value is -1.28. The molecule has 0 amide bonds. The quantitative estimate of drug-likeness (QED) is 0.283. The van der Waals surface area contributed by atoms with Crippen LogP contribution in [0.4, 0.5) is 0 Å². The number of phenols is 1. The predicted molar refractivity (Wildman–Crippen MR) is 230 cm³/mol. The Balaban J connectivity index is 0.000000201. The van der Waals surface area contributed by atoms with Gasteiger partial charge >= 0.3 is 0 Å². The second kappa shape index (κ2) is 19.0. The van der Waals surface area contributed by atoms with Crippen molar-refractivity contribution in [2.24, 2.45) is 47.3 Å². The standard InChI is InChI=1S/C25H39Br.C25H40O/c2*1-16-6-8-21(9-7-16)14-22-10-12-23(13-11-22)15-24-17(2)19(4)25(26)20(5)18(24)3/h16,21-23H,6-15H2,1-5H3;16,21-23,26H,6-15H2,1-5H3. The third-order valence-electron chi connectivity index (χ3n) is 16.0. The van der Waals surface area contributed by atoms with Crippen LogP contribution in [0, 0.1) is 103 Å². The van der Waals surface area contributed by atoms with E-state index in [0.717, 1.165) is 58.5 Å². The fraction of sp³-hybridized carbons (Fsp3) is 0.760. The van der Waals surface area contributed by atoms with Crippen molar-refractivity contribution in [2.45, 2.75) is 198 Å². The molecule has 4 aliphatic rings. The van der Waals surface area contributed by atoms with Crippen LogP contribution in [-0.4, -0.2) is 5.11 Å². The van der Waals surface area contributed by atoms with E-state index in [-0.39, 0.29) is 0 Å². The molecule has 2 heteroatoms. The van der Waals surface area contributed by atoms with Crippen LogP contribution in [0.25, 0.3) is 0 Å². The number of hydrogen-bond donors (Lipinski definition) is 1. The summed E-state index contributed by atoms with van der Waals surface area (Å²) in [6.45, 7) is 22.6. The lowest BCUT2D eigenvalue weighted by Gasteiger charge is -2.34. The summed E-state index contributed by atoms with van der Waals surface area (Å²) < 4.78 is 1.32. The largest absolute Gasteiger partial charge is 0.507 e. The van der Waals surface area contributed by atoms with Crippen LogP contribution >= 0.6 is 15.9 Å². The smallest absolute Gasteiger partial charge is 0.121 e. The van der Waals surface area contributed by atoms with Crippen LogP contribution in [0.2, 0.25) is 0 Å². The average Bonchev–Trinajstić information content (AvgIpc) is 3.15. The topological polar surface area (TPSA) is 20.2 Å². The number of aromatic hydroxyl groups is 1. The first-order chi connectivity index (χ1) is 24.7. The van der Waals surface area contributed by atoms with Crippen molar-refractivity contribution >= 4 is 15.9 Å². The molecule has 0 radical (unpaired) electrons. The highest BCUT2D eigenvalue weighted by Gasteiger charge is 2.29. The maximum atomic E-state index is 10.3. The average molecular weight is 776 g/mol. The van der Waals surface area contributed by atoms with E-state index in [0.29, 0.717) is 5.75 Å². The van der Waals surface area contributed by atoms with Crippen molar-refractivity contribution in [2.75, 3.05) is 0 Å². The second-order valence-electron chi connectivity index (χ2n) is 19.5. The molecule has 0 unspecified atom stereocenters. The van der Waals surface area contributed by atoms with Gasteiger partial charge in [-0.1, -0.05) is 107 Å². The molecule has 2 aromatic rings. The summed E-state index contributed by atoms with van der Waals surface area (Å²) in [5.41, 5.74) is 13.9. The van der Waals surface area contributed by atoms with Gasteiger partial charge in [-0.2, -0.15) is 0 Å². The molecule has 1 N–H and O–H groups in total. The van der Waals surface area contributed by atoms with Gasteiger partial charge in [0.2, 0.25) is 0 Å². The molecule has 292 valence electrons. The first-order valence-electron chi connectivity index (χ1n) is 22.3. The number of benzene rings is 2. The number of rotatable bonds is 8.